The number of rotatable bonds is 4. The van der Waals surface area contributed by atoms with Crippen molar-refractivity contribution in [1.82, 2.24) is 19.9 Å². The van der Waals surface area contributed by atoms with E-state index in [2.05, 4.69) is 20.3 Å². The first-order chi connectivity index (χ1) is 11.6. The first-order valence-corrected chi connectivity index (χ1v) is 7.98. The summed E-state index contributed by atoms with van der Waals surface area (Å²) in [5.41, 5.74) is 1.73. The summed E-state index contributed by atoms with van der Waals surface area (Å²) in [6, 6.07) is 7.67. The number of hydrogen-bond acceptors (Lipinski definition) is 6. The first-order valence-electron chi connectivity index (χ1n) is 7.98. The Morgan fingerprint density at radius 2 is 2.29 bits per heavy atom. The number of amides is 1. The number of carbonyl (C=O) groups excluding carboxylic acids is 1. The van der Waals surface area contributed by atoms with E-state index in [1.807, 2.05) is 31.2 Å². The van der Waals surface area contributed by atoms with E-state index in [-0.39, 0.29) is 12.0 Å². The van der Waals surface area contributed by atoms with Crippen molar-refractivity contribution in [3.8, 4) is 0 Å². The molecule has 1 N–H and O–H groups in total. The van der Waals surface area contributed by atoms with E-state index in [1.165, 1.54) is 0 Å². The molecular weight excluding hydrogens is 306 g/mol. The van der Waals surface area contributed by atoms with E-state index >= 15 is 0 Å². The van der Waals surface area contributed by atoms with Gasteiger partial charge in [0.1, 0.15) is 17.7 Å². The zero-order valence-corrected chi connectivity index (χ0v) is 13.9. The van der Waals surface area contributed by atoms with Gasteiger partial charge in [0.2, 0.25) is 5.91 Å². The lowest BCUT2D eigenvalue weighted by atomic mass is 10.2. The second-order valence-corrected chi connectivity index (χ2v) is 5.72. The quantitative estimate of drug-likeness (QED) is 0.921. The van der Waals surface area contributed by atoms with Crippen LogP contribution in [0.4, 0.5) is 5.82 Å². The van der Waals surface area contributed by atoms with Gasteiger partial charge in [0.25, 0.3) is 0 Å². The van der Waals surface area contributed by atoms with Crippen molar-refractivity contribution in [3.63, 3.8) is 0 Å². The van der Waals surface area contributed by atoms with Crippen molar-refractivity contribution in [2.24, 2.45) is 0 Å². The van der Waals surface area contributed by atoms with Crippen LogP contribution in [0.15, 0.2) is 30.5 Å². The fourth-order valence-corrected chi connectivity index (χ4v) is 2.64. The minimum absolute atomic E-state index is 0.0579. The summed E-state index contributed by atoms with van der Waals surface area (Å²) in [4.78, 5) is 26.5. The summed E-state index contributed by atoms with van der Waals surface area (Å²) in [5, 5.41) is 3.27. The molecule has 0 unspecified atom stereocenters. The Kier molecular flexibility index (Phi) is 5.00. The van der Waals surface area contributed by atoms with Crippen LogP contribution in [0.1, 0.15) is 30.2 Å². The van der Waals surface area contributed by atoms with Crippen LogP contribution in [-0.2, 0) is 16.1 Å². The number of anilines is 1. The number of aromatic nitrogens is 3. The van der Waals surface area contributed by atoms with Crippen molar-refractivity contribution < 1.29 is 9.53 Å². The number of aryl methyl sites for hydroxylation is 1. The highest BCUT2D eigenvalue weighted by atomic mass is 16.5. The molecule has 1 saturated heterocycles. The van der Waals surface area contributed by atoms with Gasteiger partial charge in [-0.15, -0.1) is 0 Å². The summed E-state index contributed by atoms with van der Waals surface area (Å²) in [6.07, 6.45) is 1.54. The standard InChI is InChI=1S/C17H21N5O2/c1-12-20-15(16-11-22(13(2)23)7-8-24-16)9-17(21-12)19-10-14-5-3-4-6-18-14/h3-6,9,16H,7-8,10-11H2,1-2H3,(H,19,20,21)/t16-/m1/s1. The van der Waals surface area contributed by atoms with E-state index in [9.17, 15) is 4.79 Å². The van der Waals surface area contributed by atoms with Gasteiger partial charge < -0.3 is 15.0 Å². The molecule has 0 radical (unpaired) electrons. The monoisotopic (exact) mass is 327 g/mol. The van der Waals surface area contributed by atoms with E-state index in [0.717, 1.165) is 17.2 Å². The average Bonchev–Trinajstić information content (AvgIpc) is 2.60. The number of nitrogens with one attached hydrogen (secondary N) is 1. The van der Waals surface area contributed by atoms with Gasteiger partial charge in [-0.3, -0.25) is 9.78 Å². The molecule has 0 aromatic carbocycles. The number of morpholine rings is 1. The Morgan fingerprint density at radius 1 is 1.42 bits per heavy atom. The Morgan fingerprint density at radius 3 is 3.04 bits per heavy atom. The van der Waals surface area contributed by atoms with Crippen LogP contribution in [0.2, 0.25) is 0 Å². The van der Waals surface area contributed by atoms with Crippen LogP contribution in [-0.4, -0.2) is 45.5 Å². The third-order valence-electron chi connectivity index (χ3n) is 3.88. The highest BCUT2D eigenvalue weighted by molar-refractivity contribution is 5.73. The molecule has 1 atom stereocenters. The molecule has 2 aromatic heterocycles. The van der Waals surface area contributed by atoms with Gasteiger partial charge in [0, 0.05) is 25.7 Å². The Balaban J connectivity index is 1.72. The Labute approximate surface area is 141 Å². The molecule has 3 rings (SSSR count). The van der Waals surface area contributed by atoms with Crippen LogP contribution in [0, 0.1) is 6.92 Å². The van der Waals surface area contributed by atoms with Crippen molar-refractivity contribution in [1.29, 1.82) is 0 Å². The molecule has 7 nitrogen and oxygen atoms in total. The minimum Gasteiger partial charge on any atom is -0.368 e. The number of pyridine rings is 1. The highest BCUT2D eigenvalue weighted by Crippen LogP contribution is 2.22. The first kappa shape index (κ1) is 16.3. The second-order valence-electron chi connectivity index (χ2n) is 5.72. The minimum atomic E-state index is -0.222. The normalized spacial score (nSPS) is 17.6. The van der Waals surface area contributed by atoms with Crippen molar-refractivity contribution in [2.75, 3.05) is 25.0 Å². The molecule has 1 fully saturated rings. The summed E-state index contributed by atoms with van der Waals surface area (Å²) in [6.45, 7) is 5.67. The largest absolute Gasteiger partial charge is 0.368 e. The van der Waals surface area contributed by atoms with E-state index in [4.69, 9.17) is 4.74 Å². The van der Waals surface area contributed by atoms with Crippen LogP contribution in [0.25, 0.3) is 0 Å². The summed E-state index contributed by atoms with van der Waals surface area (Å²) < 4.78 is 5.79. The molecule has 1 amide bonds. The molecule has 3 heterocycles. The van der Waals surface area contributed by atoms with Crippen molar-refractivity contribution >= 4 is 11.7 Å². The predicted octanol–water partition coefficient (Wildman–Crippen LogP) is 1.71. The van der Waals surface area contributed by atoms with Crippen LogP contribution < -0.4 is 5.32 Å². The van der Waals surface area contributed by atoms with E-state index in [1.54, 1.807) is 18.0 Å². The summed E-state index contributed by atoms with van der Waals surface area (Å²) in [7, 11) is 0. The van der Waals surface area contributed by atoms with Gasteiger partial charge >= 0.3 is 0 Å². The Bertz CT molecular complexity index is 707. The van der Waals surface area contributed by atoms with E-state index < -0.39 is 0 Å². The predicted molar refractivity (Wildman–Crippen MR) is 89.3 cm³/mol. The maximum Gasteiger partial charge on any atom is 0.219 e. The molecule has 0 spiro atoms. The van der Waals surface area contributed by atoms with Gasteiger partial charge in [-0.05, 0) is 19.1 Å². The third-order valence-corrected chi connectivity index (χ3v) is 3.88. The van der Waals surface area contributed by atoms with Gasteiger partial charge in [0.15, 0.2) is 0 Å². The van der Waals surface area contributed by atoms with Gasteiger partial charge in [-0.1, -0.05) is 6.07 Å². The molecule has 7 heteroatoms. The van der Waals surface area contributed by atoms with Crippen molar-refractivity contribution in [2.45, 2.75) is 26.5 Å². The zero-order valence-electron chi connectivity index (χ0n) is 13.9. The molecule has 1 aliphatic rings. The van der Waals surface area contributed by atoms with Gasteiger partial charge in [0.05, 0.1) is 31.1 Å². The molecule has 126 valence electrons. The molecule has 24 heavy (non-hydrogen) atoms. The fourth-order valence-electron chi connectivity index (χ4n) is 2.64. The van der Waals surface area contributed by atoms with Crippen LogP contribution in [0.3, 0.4) is 0 Å². The number of carbonyl (C=O) groups is 1. The maximum absolute atomic E-state index is 11.6. The Hall–Kier alpha value is -2.54. The summed E-state index contributed by atoms with van der Waals surface area (Å²) >= 11 is 0. The highest BCUT2D eigenvalue weighted by Gasteiger charge is 2.25. The SMILES string of the molecule is CC(=O)N1CCO[C@@H](c2cc(NCc3ccccn3)nc(C)n2)C1. The molecule has 0 bridgehead atoms. The molecule has 0 aliphatic carbocycles. The lowest BCUT2D eigenvalue weighted by Crippen LogP contribution is -2.41. The van der Waals surface area contributed by atoms with E-state index in [0.29, 0.717) is 32.1 Å². The van der Waals surface area contributed by atoms with Crippen LogP contribution in [0.5, 0.6) is 0 Å². The number of nitrogens with zero attached hydrogens (tertiary/aromatic N) is 4. The maximum atomic E-state index is 11.6. The molecule has 0 saturated carbocycles. The fraction of sp³-hybridized carbons (Fsp3) is 0.412. The van der Waals surface area contributed by atoms with Gasteiger partial charge in [-0.2, -0.15) is 0 Å². The van der Waals surface area contributed by atoms with Crippen LogP contribution >= 0.6 is 0 Å². The molecule has 1 aliphatic heterocycles. The van der Waals surface area contributed by atoms with Crippen molar-refractivity contribution in [3.05, 3.63) is 47.7 Å². The molecule has 2 aromatic rings. The number of ether oxygens (including phenoxy) is 1. The third kappa shape index (κ3) is 4.05. The topological polar surface area (TPSA) is 80.2 Å². The zero-order chi connectivity index (χ0) is 16.9. The smallest absolute Gasteiger partial charge is 0.219 e. The second kappa shape index (κ2) is 7.35. The molecular formula is C17H21N5O2. The average molecular weight is 327 g/mol. The lowest BCUT2D eigenvalue weighted by molar-refractivity contribution is -0.136. The number of hydrogen-bond donors (Lipinski definition) is 1. The van der Waals surface area contributed by atoms with Gasteiger partial charge in [-0.25, -0.2) is 9.97 Å². The lowest BCUT2D eigenvalue weighted by Gasteiger charge is -2.32. The summed E-state index contributed by atoms with van der Waals surface area (Å²) in [5.74, 6) is 1.45.